The minimum atomic E-state index is -0.818. The standard InChI is InChI=1S/C23H28FN3O4/c1-3-15(2)25-22(29)20(26-21(28)17-7-4-5-8-18(17)24)16-10-12-27(13-11-16)23(30)19-9-6-14-31-19/h4-9,14-16,20H,3,10-13H2,1-2H3,(H,25,29)(H,26,28)/t15-,20-/m0/s1. The molecule has 0 saturated carbocycles. The molecule has 0 bridgehead atoms. The molecule has 1 aliphatic rings. The molecule has 1 saturated heterocycles. The molecule has 0 radical (unpaired) electrons. The van der Waals surface area contributed by atoms with Crippen LogP contribution in [0, 0.1) is 11.7 Å². The predicted molar refractivity (Wildman–Crippen MR) is 113 cm³/mol. The third-order valence-corrected chi connectivity index (χ3v) is 5.72. The van der Waals surface area contributed by atoms with Crippen LogP contribution >= 0.6 is 0 Å². The van der Waals surface area contributed by atoms with Crippen LogP contribution in [0.5, 0.6) is 0 Å². The van der Waals surface area contributed by atoms with Crippen LogP contribution in [0.4, 0.5) is 4.39 Å². The summed E-state index contributed by atoms with van der Waals surface area (Å²) in [6, 6.07) is 8.08. The molecule has 3 rings (SSSR count). The molecule has 0 spiro atoms. The van der Waals surface area contributed by atoms with E-state index in [2.05, 4.69) is 10.6 Å². The maximum absolute atomic E-state index is 14.1. The monoisotopic (exact) mass is 429 g/mol. The van der Waals surface area contributed by atoms with Gasteiger partial charge in [0.25, 0.3) is 11.8 Å². The van der Waals surface area contributed by atoms with Gasteiger partial charge in [-0.05, 0) is 56.4 Å². The molecule has 2 heterocycles. The highest BCUT2D eigenvalue weighted by atomic mass is 19.1. The smallest absolute Gasteiger partial charge is 0.289 e. The lowest BCUT2D eigenvalue weighted by Crippen LogP contribution is -2.55. The van der Waals surface area contributed by atoms with Crippen molar-refractivity contribution in [3.05, 3.63) is 59.8 Å². The van der Waals surface area contributed by atoms with E-state index in [1.54, 1.807) is 23.1 Å². The lowest BCUT2D eigenvalue weighted by molar-refractivity contribution is -0.125. The molecule has 2 N–H and O–H groups in total. The number of halogens is 1. The van der Waals surface area contributed by atoms with Crippen LogP contribution in [0.1, 0.15) is 54.0 Å². The maximum Gasteiger partial charge on any atom is 0.289 e. The molecule has 1 aliphatic heterocycles. The van der Waals surface area contributed by atoms with Crippen molar-refractivity contribution >= 4 is 17.7 Å². The number of carbonyl (C=O) groups excluding carboxylic acids is 3. The average molecular weight is 429 g/mol. The van der Waals surface area contributed by atoms with Gasteiger partial charge in [0.2, 0.25) is 5.91 Å². The molecule has 0 aliphatic carbocycles. The van der Waals surface area contributed by atoms with Gasteiger partial charge in [0.1, 0.15) is 11.9 Å². The highest BCUT2D eigenvalue weighted by molar-refractivity contribution is 5.98. The number of nitrogens with zero attached hydrogens (tertiary/aromatic N) is 1. The number of furan rings is 1. The van der Waals surface area contributed by atoms with Gasteiger partial charge in [-0.1, -0.05) is 19.1 Å². The minimum absolute atomic E-state index is 0.0546. The summed E-state index contributed by atoms with van der Waals surface area (Å²) in [6.45, 7) is 4.72. The molecule has 8 heteroatoms. The van der Waals surface area contributed by atoms with Crippen LogP contribution in [0.15, 0.2) is 47.1 Å². The number of hydrogen-bond acceptors (Lipinski definition) is 4. The number of rotatable bonds is 7. The predicted octanol–water partition coefficient (Wildman–Crippen LogP) is 2.98. The van der Waals surface area contributed by atoms with Crippen molar-refractivity contribution in [2.24, 2.45) is 5.92 Å². The first-order valence-corrected chi connectivity index (χ1v) is 10.6. The summed E-state index contributed by atoms with van der Waals surface area (Å²) in [5.41, 5.74) is -0.103. The maximum atomic E-state index is 14.1. The zero-order valence-corrected chi connectivity index (χ0v) is 17.8. The van der Waals surface area contributed by atoms with Gasteiger partial charge in [-0.25, -0.2) is 4.39 Å². The molecule has 1 aromatic carbocycles. The Balaban J connectivity index is 1.71. The van der Waals surface area contributed by atoms with Crippen LogP contribution in [0.3, 0.4) is 0 Å². The summed E-state index contributed by atoms with van der Waals surface area (Å²) < 4.78 is 19.2. The van der Waals surface area contributed by atoms with Crippen LogP contribution in [0.2, 0.25) is 0 Å². The van der Waals surface area contributed by atoms with Gasteiger partial charge in [0.15, 0.2) is 5.76 Å². The minimum Gasteiger partial charge on any atom is -0.459 e. The van der Waals surface area contributed by atoms with Crippen molar-refractivity contribution in [3.8, 4) is 0 Å². The van der Waals surface area contributed by atoms with Gasteiger partial charge in [-0.3, -0.25) is 14.4 Å². The van der Waals surface area contributed by atoms with E-state index in [9.17, 15) is 18.8 Å². The number of nitrogens with one attached hydrogen (secondary N) is 2. The third-order valence-electron chi connectivity index (χ3n) is 5.72. The van der Waals surface area contributed by atoms with Crippen LogP contribution in [-0.2, 0) is 4.79 Å². The molecule has 1 aromatic heterocycles. The van der Waals surface area contributed by atoms with E-state index in [-0.39, 0.29) is 35.1 Å². The summed E-state index contributed by atoms with van der Waals surface area (Å²) in [5, 5.41) is 5.64. The van der Waals surface area contributed by atoms with Crippen molar-refractivity contribution in [1.29, 1.82) is 0 Å². The van der Waals surface area contributed by atoms with Crippen molar-refractivity contribution in [3.63, 3.8) is 0 Å². The first kappa shape index (κ1) is 22.5. The number of carbonyl (C=O) groups is 3. The number of piperidine rings is 1. The van der Waals surface area contributed by atoms with E-state index >= 15 is 0 Å². The molecule has 0 unspecified atom stereocenters. The molecule has 7 nitrogen and oxygen atoms in total. The molecule has 1 fully saturated rings. The Morgan fingerprint density at radius 3 is 2.45 bits per heavy atom. The summed E-state index contributed by atoms with van der Waals surface area (Å²) in [4.78, 5) is 39.8. The van der Waals surface area contributed by atoms with E-state index in [0.29, 0.717) is 25.9 Å². The summed E-state index contributed by atoms with van der Waals surface area (Å²) in [5.74, 6) is -1.66. The van der Waals surface area contributed by atoms with Crippen molar-refractivity contribution in [1.82, 2.24) is 15.5 Å². The quantitative estimate of drug-likeness (QED) is 0.708. The number of benzene rings is 1. The Morgan fingerprint density at radius 2 is 1.84 bits per heavy atom. The first-order valence-electron chi connectivity index (χ1n) is 10.6. The summed E-state index contributed by atoms with van der Waals surface area (Å²) in [6.07, 6.45) is 3.26. The number of amides is 3. The van der Waals surface area contributed by atoms with Gasteiger partial charge in [0.05, 0.1) is 11.8 Å². The lowest BCUT2D eigenvalue weighted by Gasteiger charge is -2.35. The fourth-order valence-corrected chi connectivity index (χ4v) is 3.69. The first-order chi connectivity index (χ1) is 14.9. The Bertz CT molecular complexity index is 907. The zero-order chi connectivity index (χ0) is 22.4. The Hall–Kier alpha value is -3.16. The van der Waals surface area contributed by atoms with Gasteiger partial charge < -0.3 is 20.0 Å². The van der Waals surface area contributed by atoms with Gasteiger partial charge in [-0.15, -0.1) is 0 Å². The molecule has 2 aromatic rings. The van der Waals surface area contributed by atoms with E-state index in [0.717, 1.165) is 6.42 Å². The Morgan fingerprint density at radius 1 is 1.13 bits per heavy atom. The Kier molecular flexibility index (Phi) is 7.44. The van der Waals surface area contributed by atoms with E-state index in [4.69, 9.17) is 4.42 Å². The summed E-state index contributed by atoms with van der Waals surface area (Å²) >= 11 is 0. The molecule has 166 valence electrons. The SMILES string of the molecule is CC[C@H](C)NC(=O)[C@@H](NC(=O)c1ccccc1F)C1CCN(C(=O)c2ccco2)CC1. The van der Waals surface area contributed by atoms with E-state index < -0.39 is 17.8 Å². The normalized spacial score (nSPS) is 16.4. The zero-order valence-electron chi connectivity index (χ0n) is 17.8. The molecule has 3 amide bonds. The summed E-state index contributed by atoms with van der Waals surface area (Å²) in [7, 11) is 0. The number of hydrogen-bond donors (Lipinski definition) is 2. The number of likely N-dealkylation sites (tertiary alicyclic amines) is 1. The fraction of sp³-hybridized carbons (Fsp3) is 0.435. The largest absolute Gasteiger partial charge is 0.459 e. The van der Waals surface area contributed by atoms with Crippen LogP contribution < -0.4 is 10.6 Å². The fourth-order valence-electron chi connectivity index (χ4n) is 3.69. The highest BCUT2D eigenvalue weighted by Gasteiger charge is 2.35. The second-order valence-corrected chi connectivity index (χ2v) is 7.86. The molecule has 31 heavy (non-hydrogen) atoms. The Labute approximate surface area is 181 Å². The van der Waals surface area contributed by atoms with Crippen molar-refractivity contribution in [2.45, 2.75) is 45.2 Å². The molecular weight excluding hydrogens is 401 g/mol. The van der Waals surface area contributed by atoms with E-state index in [1.165, 1.54) is 24.5 Å². The average Bonchev–Trinajstić information content (AvgIpc) is 3.32. The lowest BCUT2D eigenvalue weighted by atomic mass is 9.88. The second kappa shape index (κ2) is 10.2. The highest BCUT2D eigenvalue weighted by Crippen LogP contribution is 2.23. The van der Waals surface area contributed by atoms with Gasteiger partial charge in [-0.2, -0.15) is 0 Å². The van der Waals surface area contributed by atoms with Gasteiger partial charge in [0, 0.05) is 19.1 Å². The molecular formula is C23H28FN3O4. The van der Waals surface area contributed by atoms with Crippen LogP contribution in [-0.4, -0.2) is 47.8 Å². The molecule has 2 atom stereocenters. The van der Waals surface area contributed by atoms with Gasteiger partial charge >= 0.3 is 0 Å². The topological polar surface area (TPSA) is 91.7 Å². The van der Waals surface area contributed by atoms with Crippen LogP contribution in [0.25, 0.3) is 0 Å². The third kappa shape index (κ3) is 5.51. The van der Waals surface area contributed by atoms with Crippen molar-refractivity contribution < 1.29 is 23.2 Å². The van der Waals surface area contributed by atoms with Crippen molar-refractivity contribution in [2.75, 3.05) is 13.1 Å². The van der Waals surface area contributed by atoms with E-state index in [1.807, 2.05) is 13.8 Å². The second-order valence-electron chi connectivity index (χ2n) is 7.86.